The van der Waals surface area contributed by atoms with Gasteiger partial charge in [-0.3, -0.25) is 0 Å². The maximum absolute atomic E-state index is 3.85. The van der Waals surface area contributed by atoms with E-state index >= 15 is 0 Å². The summed E-state index contributed by atoms with van der Waals surface area (Å²) < 4.78 is 0. The monoisotopic (exact) mass is 195 g/mol. The van der Waals surface area contributed by atoms with Crippen LogP contribution in [-0.4, -0.2) is 0 Å². The summed E-state index contributed by atoms with van der Waals surface area (Å²) >= 11 is 0. The van der Waals surface area contributed by atoms with Crippen molar-refractivity contribution in [2.24, 2.45) is 0 Å². The zero-order chi connectivity index (χ0) is 10.5. The Morgan fingerprint density at radius 2 is 1.36 bits per heavy atom. The van der Waals surface area contributed by atoms with Crippen LogP contribution in [0.3, 0.4) is 0 Å². The van der Waals surface area contributed by atoms with Crippen LogP contribution in [0.2, 0.25) is 0 Å². The van der Waals surface area contributed by atoms with E-state index in [1.807, 2.05) is 0 Å². The Labute approximate surface area is 90.8 Å². The van der Waals surface area contributed by atoms with Gasteiger partial charge in [-0.1, -0.05) is 70.9 Å². The van der Waals surface area contributed by atoms with Crippen LogP contribution < -0.4 is 0 Å². The van der Waals surface area contributed by atoms with Crippen LogP contribution in [0.1, 0.15) is 71.1 Å². The first-order valence-corrected chi connectivity index (χ1v) is 6.36. The van der Waals surface area contributed by atoms with Crippen molar-refractivity contribution in [3.05, 3.63) is 19.1 Å². The van der Waals surface area contributed by atoms with Gasteiger partial charge in [0.05, 0.1) is 0 Å². The number of allylic oxidation sites excluding steroid dienone is 2. The molecule has 0 saturated heterocycles. The van der Waals surface area contributed by atoms with Crippen molar-refractivity contribution < 1.29 is 0 Å². The van der Waals surface area contributed by atoms with Gasteiger partial charge in [-0.2, -0.15) is 0 Å². The minimum absolute atomic E-state index is 1.11. The summed E-state index contributed by atoms with van der Waals surface area (Å²) in [6, 6.07) is 0. The molecule has 0 aromatic rings. The first-order valence-electron chi connectivity index (χ1n) is 6.36. The van der Waals surface area contributed by atoms with Crippen molar-refractivity contribution in [1.82, 2.24) is 0 Å². The maximum atomic E-state index is 3.85. The van der Waals surface area contributed by atoms with Gasteiger partial charge in [-0.15, -0.1) is 0 Å². The van der Waals surface area contributed by atoms with E-state index in [1.165, 1.54) is 57.8 Å². The molecule has 0 rings (SSSR count). The third kappa shape index (κ3) is 11.7. The summed E-state index contributed by atoms with van der Waals surface area (Å²) in [7, 11) is 0. The van der Waals surface area contributed by atoms with Crippen LogP contribution in [0.4, 0.5) is 0 Å². The van der Waals surface area contributed by atoms with Crippen molar-refractivity contribution in [2.45, 2.75) is 71.1 Å². The van der Waals surface area contributed by atoms with Gasteiger partial charge < -0.3 is 0 Å². The fourth-order valence-corrected chi connectivity index (χ4v) is 1.53. The highest BCUT2D eigenvalue weighted by molar-refractivity contribution is 4.80. The lowest BCUT2D eigenvalue weighted by Crippen LogP contribution is -1.77. The van der Waals surface area contributed by atoms with Crippen LogP contribution in [0.25, 0.3) is 0 Å². The molecule has 0 heterocycles. The molecule has 83 valence electrons. The van der Waals surface area contributed by atoms with Gasteiger partial charge in [0.15, 0.2) is 0 Å². The van der Waals surface area contributed by atoms with E-state index in [2.05, 4.69) is 26.0 Å². The summed E-state index contributed by atoms with van der Waals surface area (Å²) in [5.41, 5.74) is 0. The topological polar surface area (TPSA) is 0 Å². The molecule has 0 atom stereocenters. The summed E-state index contributed by atoms with van der Waals surface area (Å²) in [5.74, 6) is 0. The molecule has 0 amide bonds. The summed E-state index contributed by atoms with van der Waals surface area (Å²) in [4.78, 5) is 0. The minimum atomic E-state index is 1.11. The fourth-order valence-electron chi connectivity index (χ4n) is 1.53. The highest BCUT2D eigenvalue weighted by Crippen LogP contribution is 2.07. The Hall–Kier alpha value is -0.260. The second-order valence-corrected chi connectivity index (χ2v) is 4.02. The average molecular weight is 195 g/mol. The van der Waals surface area contributed by atoms with E-state index in [1.54, 1.807) is 0 Å². The maximum Gasteiger partial charge on any atom is -0.0351 e. The molecular weight excluding hydrogens is 168 g/mol. The number of hydrogen-bond acceptors (Lipinski definition) is 0. The lowest BCUT2D eigenvalue weighted by Gasteiger charge is -1.97. The predicted octanol–water partition coefficient (Wildman–Crippen LogP) is 5.30. The first-order chi connectivity index (χ1) is 6.91. The van der Waals surface area contributed by atoms with Gasteiger partial charge >= 0.3 is 0 Å². The van der Waals surface area contributed by atoms with Gasteiger partial charge in [0.1, 0.15) is 0 Å². The second-order valence-electron chi connectivity index (χ2n) is 4.02. The average Bonchev–Trinajstić information content (AvgIpc) is 2.21. The highest BCUT2D eigenvalue weighted by Gasteiger charge is 1.87. The molecule has 0 saturated carbocycles. The molecule has 14 heavy (non-hydrogen) atoms. The second kappa shape index (κ2) is 12.7. The lowest BCUT2D eigenvalue weighted by molar-refractivity contribution is 0.621. The fraction of sp³-hybridized carbons (Fsp3) is 0.786. The molecule has 0 spiro atoms. The summed E-state index contributed by atoms with van der Waals surface area (Å²) in [6.45, 7) is 6.10. The van der Waals surface area contributed by atoms with E-state index < -0.39 is 0 Å². The van der Waals surface area contributed by atoms with Crippen LogP contribution in [0.5, 0.6) is 0 Å². The van der Waals surface area contributed by atoms with Crippen LogP contribution in [0, 0.1) is 6.92 Å². The van der Waals surface area contributed by atoms with Crippen molar-refractivity contribution in [1.29, 1.82) is 0 Å². The van der Waals surface area contributed by atoms with Gasteiger partial charge in [-0.25, -0.2) is 0 Å². The number of hydrogen-bond donors (Lipinski definition) is 0. The van der Waals surface area contributed by atoms with Gasteiger partial charge in [0, 0.05) is 0 Å². The SMILES string of the molecule is [CH2]CCCCCCC/C=C\CCCC. The lowest BCUT2D eigenvalue weighted by atomic mass is 10.1. The summed E-state index contributed by atoms with van der Waals surface area (Å²) in [5, 5.41) is 0. The largest absolute Gasteiger partial charge is 0.0885 e. The van der Waals surface area contributed by atoms with Gasteiger partial charge in [0.25, 0.3) is 0 Å². The molecule has 0 N–H and O–H groups in total. The standard InChI is InChI=1S/C14H27/c1-3-5-7-9-11-13-14-12-10-8-6-4-2/h10,12H,1,3-9,11,13-14H2,2H3/b12-10-. The molecule has 0 heteroatoms. The summed E-state index contributed by atoms with van der Waals surface area (Å²) in [6.07, 6.45) is 17.9. The first kappa shape index (κ1) is 13.7. The molecule has 1 radical (unpaired) electrons. The normalized spacial score (nSPS) is 11.3. The highest BCUT2D eigenvalue weighted by atomic mass is 13.9. The van der Waals surface area contributed by atoms with E-state index in [9.17, 15) is 0 Å². The molecular formula is C14H27. The Kier molecular flexibility index (Phi) is 12.5. The van der Waals surface area contributed by atoms with Gasteiger partial charge in [-0.05, 0) is 19.3 Å². The zero-order valence-corrected chi connectivity index (χ0v) is 9.93. The van der Waals surface area contributed by atoms with Gasteiger partial charge in [0.2, 0.25) is 0 Å². The van der Waals surface area contributed by atoms with E-state index in [0.717, 1.165) is 6.42 Å². The molecule has 0 nitrogen and oxygen atoms in total. The molecule has 0 aromatic heterocycles. The van der Waals surface area contributed by atoms with Crippen LogP contribution in [0.15, 0.2) is 12.2 Å². The Morgan fingerprint density at radius 1 is 0.786 bits per heavy atom. The Bertz CT molecular complexity index is 113. The molecule has 0 aliphatic rings. The number of rotatable bonds is 10. The third-order valence-corrected chi connectivity index (χ3v) is 2.51. The van der Waals surface area contributed by atoms with Crippen molar-refractivity contribution in [2.75, 3.05) is 0 Å². The van der Waals surface area contributed by atoms with Crippen molar-refractivity contribution >= 4 is 0 Å². The Balaban J connectivity index is 2.94. The Morgan fingerprint density at radius 3 is 2.00 bits per heavy atom. The predicted molar refractivity (Wildman–Crippen MR) is 66.3 cm³/mol. The van der Waals surface area contributed by atoms with E-state index in [4.69, 9.17) is 0 Å². The molecule has 0 aliphatic heterocycles. The van der Waals surface area contributed by atoms with Crippen molar-refractivity contribution in [3.8, 4) is 0 Å². The molecule has 0 bridgehead atoms. The van der Waals surface area contributed by atoms with Crippen LogP contribution >= 0.6 is 0 Å². The van der Waals surface area contributed by atoms with E-state index in [-0.39, 0.29) is 0 Å². The van der Waals surface area contributed by atoms with E-state index in [0.29, 0.717) is 0 Å². The minimum Gasteiger partial charge on any atom is -0.0885 e. The smallest absolute Gasteiger partial charge is 0.0351 e. The zero-order valence-electron chi connectivity index (χ0n) is 9.93. The molecule has 0 fully saturated rings. The molecule has 0 aromatic carbocycles. The number of unbranched alkanes of at least 4 members (excludes halogenated alkanes) is 8. The molecule has 0 unspecified atom stereocenters. The van der Waals surface area contributed by atoms with Crippen molar-refractivity contribution in [3.63, 3.8) is 0 Å². The quantitative estimate of drug-likeness (QED) is 0.328. The molecule has 0 aliphatic carbocycles. The third-order valence-electron chi connectivity index (χ3n) is 2.51. The van der Waals surface area contributed by atoms with Crippen LogP contribution in [-0.2, 0) is 0 Å².